The predicted octanol–water partition coefficient (Wildman–Crippen LogP) is 4.65. The third kappa shape index (κ3) is 5.33. The number of rotatable bonds is 5. The molecule has 126 valence electrons. The standard InChI is InChI=1S/C20H18ClN3O/c21-17-8-4-16(5-9-17)14-23-20(25)24-18-10-6-15(7-11-18)13-19-3-1-2-12-22-19/h1-12H,13-14H2,(H2,23,24,25). The number of hydrogen-bond acceptors (Lipinski definition) is 2. The normalized spacial score (nSPS) is 10.3. The summed E-state index contributed by atoms with van der Waals surface area (Å²) in [6.45, 7) is 0.445. The summed E-state index contributed by atoms with van der Waals surface area (Å²) < 4.78 is 0. The maximum absolute atomic E-state index is 12.0. The molecule has 5 heteroatoms. The van der Waals surface area contributed by atoms with Crippen molar-refractivity contribution in [2.75, 3.05) is 5.32 Å². The van der Waals surface area contributed by atoms with Crippen LogP contribution in [-0.2, 0) is 13.0 Å². The van der Waals surface area contributed by atoms with Crippen molar-refractivity contribution in [2.24, 2.45) is 0 Å². The summed E-state index contributed by atoms with van der Waals surface area (Å²) in [5.41, 5.74) is 3.90. The second-order valence-electron chi connectivity index (χ2n) is 5.63. The number of amides is 2. The average molecular weight is 352 g/mol. The Hall–Kier alpha value is -2.85. The number of hydrogen-bond donors (Lipinski definition) is 2. The summed E-state index contributed by atoms with van der Waals surface area (Å²) in [4.78, 5) is 16.3. The molecule has 0 aliphatic heterocycles. The molecule has 0 aliphatic rings. The van der Waals surface area contributed by atoms with Gasteiger partial charge in [0.25, 0.3) is 0 Å². The van der Waals surface area contributed by atoms with Gasteiger partial charge in [0.15, 0.2) is 0 Å². The lowest BCUT2D eigenvalue weighted by Crippen LogP contribution is -2.28. The third-order valence-electron chi connectivity index (χ3n) is 3.69. The lowest BCUT2D eigenvalue weighted by atomic mass is 10.1. The molecule has 0 unspecified atom stereocenters. The number of nitrogens with one attached hydrogen (secondary N) is 2. The maximum atomic E-state index is 12.0. The third-order valence-corrected chi connectivity index (χ3v) is 3.94. The van der Waals surface area contributed by atoms with Crippen LogP contribution < -0.4 is 10.6 Å². The quantitative estimate of drug-likeness (QED) is 0.703. The van der Waals surface area contributed by atoms with Gasteiger partial charge in [-0.1, -0.05) is 41.9 Å². The molecule has 0 atom stereocenters. The van der Waals surface area contributed by atoms with E-state index in [9.17, 15) is 4.79 Å². The van der Waals surface area contributed by atoms with Crippen molar-refractivity contribution in [3.05, 3.63) is 94.8 Å². The average Bonchev–Trinajstić information content (AvgIpc) is 2.64. The lowest BCUT2D eigenvalue weighted by Gasteiger charge is -2.09. The molecule has 25 heavy (non-hydrogen) atoms. The minimum absolute atomic E-state index is 0.243. The van der Waals surface area contributed by atoms with E-state index in [4.69, 9.17) is 11.6 Å². The molecule has 2 amide bonds. The highest BCUT2D eigenvalue weighted by Gasteiger charge is 2.03. The van der Waals surface area contributed by atoms with E-state index in [1.165, 1.54) is 0 Å². The number of urea groups is 1. The Morgan fingerprint density at radius 1 is 0.920 bits per heavy atom. The number of aromatic nitrogens is 1. The van der Waals surface area contributed by atoms with Crippen molar-refractivity contribution in [2.45, 2.75) is 13.0 Å². The van der Waals surface area contributed by atoms with Crippen LogP contribution in [0.1, 0.15) is 16.8 Å². The molecule has 3 aromatic rings. The largest absolute Gasteiger partial charge is 0.334 e. The fourth-order valence-corrected chi connectivity index (χ4v) is 2.50. The van der Waals surface area contributed by atoms with Gasteiger partial charge in [-0.05, 0) is 47.5 Å². The first kappa shape index (κ1) is 17.0. The molecule has 0 bridgehead atoms. The van der Waals surface area contributed by atoms with Gasteiger partial charge in [0, 0.05) is 35.6 Å². The molecule has 0 spiro atoms. The van der Waals surface area contributed by atoms with Crippen molar-refractivity contribution < 1.29 is 4.79 Å². The number of carbonyl (C=O) groups is 1. The van der Waals surface area contributed by atoms with Gasteiger partial charge < -0.3 is 10.6 Å². The van der Waals surface area contributed by atoms with Crippen molar-refractivity contribution in [1.82, 2.24) is 10.3 Å². The first-order chi connectivity index (χ1) is 12.2. The Labute approximate surface area is 151 Å². The van der Waals surface area contributed by atoms with Crippen molar-refractivity contribution in [3.8, 4) is 0 Å². The Kier molecular flexibility index (Phi) is 5.65. The first-order valence-electron chi connectivity index (χ1n) is 7.97. The highest BCUT2D eigenvalue weighted by atomic mass is 35.5. The zero-order valence-corrected chi connectivity index (χ0v) is 14.3. The number of anilines is 1. The topological polar surface area (TPSA) is 54.0 Å². The molecule has 0 saturated carbocycles. The molecule has 2 N–H and O–H groups in total. The minimum Gasteiger partial charge on any atom is -0.334 e. The van der Waals surface area contributed by atoms with E-state index in [2.05, 4.69) is 15.6 Å². The zero-order valence-electron chi connectivity index (χ0n) is 13.6. The van der Waals surface area contributed by atoms with Crippen LogP contribution in [-0.4, -0.2) is 11.0 Å². The van der Waals surface area contributed by atoms with Crippen molar-refractivity contribution >= 4 is 23.3 Å². The Morgan fingerprint density at radius 2 is 1.64 bits per heavy atom. The molecule has 1 aromatic heterocycles. The summed E-state index contributed by atoms with van der Waals surface area (Å²) >= 11 is 5.84. The fourth-order valence-electron chi connectivity index (χ4n) is 2.38. The van der Waals surface area contributed by atoms with E-state index in [0.29, 0.717) is 11.6 Å². The van der Waals surface area contributed by atoms with E-state index in [-0.39, 0.29) is 6.03 Å². The van der Waals surface area contributed by atoms with Crippen LogP contribution in [0.25, 0.3) is 0 Å². The molecule has 0 saturated heterocycles. The fraction of sp³-hybridized carbons (Fsp3) is 0.100. The number of benzene rings is 2. The van der Waals surface area contributed by atoms with Crippen molar-refractivity contribution in [1.29, 1.82) is 0 Å². The van der Waals surface area contributed by atoms with Crippen LogP contribution in [0.5, 0.6) is 0 Å². The van der Waals surface area contributed by atoms with Gasteiger partial charge in [-0.2, -0.15) is 0 Å². The van der Waals surface area contributed by atoms with E-state index in [1.54, 1.807) is 18.3 Å². The Morgan fingerprint density at radius 3 is 2.32 bits per heavy atom. The number of nitrogens with zero attached hydrogens (tertiary/aromatic N) is 1. The monoisotopic (exact) mass is 351 g/mol. The molecule has 0 fully saturated rings. The molecule has 2 aromatic carbocycles. The molecular weight excluding hydrogens is 334 g/mol. The van der Waals surface area contributed by atoms with Gasteiger partial charge in [0.1, 0.15) is 0 Å². The first-order valence-corrected chi connectivity index (χ1v) is 8.35. The van der Waals surface area contributed by atoms with E-state index in [0.717, 1.165) is 28.9 Å². The highest BCUT2D eigenvalue weighted by molar-refractivity contribution is 6.30. The summed E-state index contributed by atoms with van der Waals surface area (Å²) in [5, 5.41) is 6.32. The van der Waals surface area contributed by atoms with Gasteiger partial charge in [-0.25, -0.2) is 4.79 Å². The molecular formula is C20H18ClN3O. The van der Waals surface area contributed by atoms with Gasteiger partial charge >= 0.3 is 6.03 Å². The van der Waals surface area contributed by atoms with E-state index in [1.807, 2.05) is 54.6 Å². The van der Waals surface area contributed by atoms with E-state index >= 15 is 0 Å². The zero-order chi connectivity index (χ0) is 17.5. The van der Waals surface area contributed by atoms with Crippen LogP contribution in [0.4, 0.5) is 10.5 Å². The molecule has 3 rings (SSSR count). The maximum Gasteiger partial charge on any atom is 0.319 e. The van der Waals surface area contributed by atoms with Crippen LogP contribution in [0.2, 0.25) is 5.02 Å². The van der Waals surface area contributed by atoms with Crippen LogP contribution in [0.3, 0.4) is 0 Å². The van der Waals surface area contributed by atoms with Gasteiger partial charge in [-0.3, -0.25) is 4.98 Å². The summed E-state index contributed by atoms with van der Waals surface area (Å²) in [5.74, 6) is 0. The summed E-state index contributed by atoms with van der Waals surface area (Å²) in [7, 11) is 0. The van der Waals surface area contributed by atoms with Crippen LogP contribution >= 0.6 is 11.6 Å². The Bertz CT molecular complexity index is 818. The smallest absolute Gasteiger partial charge is 0.319 e. The number of carbonyl (C=O) groups excluding carboxylic acids is 1. The van der Waals surface area contributed by atoms with Gasteiger partial charge in [0.2, 0.25) is 0 Å². The summed E-state index contributed by atoms with van der Waals surface area (Å²) in [6, 6.07) is 20.8. The SMILES string of the molecule is O=C(NCc1ccc(Cl)cc1)Nc1ccc(Cc2ccccn2)cc1. The van der Waals surface area contributed by atoms with E-state index < -0.39 is 0 Å². The summed E-state index contributed by atoms with van der Waals surface area (Å²) in [6.07, 6.45) is 2.56. The minimum atomic E-state index is -0.243. The molecule has 0 aliphatic carbocycles. The van der Waals surface area contributed by atoms with Gasteiger partial charge in [-0.15, -0.1) is 0 Å². The van der Waals surface area contributed by atoms with Gasteiger partial charge in [0.05, 0.1) is 0 Å². The number of pyridine rings is 1. The Balaban J connectivity index is 1.50. The molecule has 1 heterocycles. The van der Waals surface area contributed by atoms with Crippen LogP contribution in [0.15, 0.2) is 72.9 Å². The molecule has 0 radical (unpaired) electrons. The number of halogens is 1. The second kappa shape index (κ2) is 8.31. The van der Waals surface area contributed by atoms with Crippen molar-refractivity contribution in [3.63, 3.8) is 0 Å². The van der Waals surface area contributed by atoms with Crippen LogP contribution in [0, 0.1) is 0 Å². The predicted molar refractivity (Wildman–Crippen MR) is 101 cm³/mol. The second-order valence-corrected chi connectivity index (χ2v) is 6.07. The lowest BCUT2D eigenvalue weighted by molar-refractivity contribution is 0.251. The highest BCUT2D eigenvalue weighted by Crippen LogP contribution is 2.13. The molecule has 4 nitrogen and oxygen atoms in total.